The lowest BCUT2D eigenvalue weighted by Gasteiger charge is -2.35. The summed E-state index contributed by atoms with van der Waals surface area (Å²) in [5, 5.41) is 21.9. The van der Waals surface area contributed by atoms with Crippen LogP contribution in [0.4, 0.5) is 0 Å². The van der Waals surface area contributed by atoms with Crippen LogP contribution in [0.15, 0.2) is 0 Å². The molecule has 0 aromatic heterocycles. The number of rotatable bonds is 4. The molecule has 0 saturated carbocycles. The molecular formula is C9H17N2O4S2+. The lowest BCUT2D eigenvalue weighted by molar-refractivity contribution is -0.856. The van der Waals surface area contributed by atoms with E-state index >= 15 is 0 Å². The van der Waals surface area contributed by atoms with Crippen molar-refractivity contribution < 1.29 is 23.1 Å². The van der Waals surface area contributed by atoms with Gasteiger partial charge in [0.1, 0.15) is 24.9 Å². The van der Waals surface area contributed by atoms with E-state index < -0.39 is 9.84 Å². The topological polar surface area (TPSA) is 86.6 Å². The lowest BCUT2D eigenvalue weighted by Crippen LogP contribution is -2.59. The SMILES string of the molecule is O=S1(=O)CC2NC(=S)[N+](CCO)(CCO)C2C1. The van der Waals surface area contributed by atoms with Gasteiger partial charge in [-0.15, -0.1) is 0 Å². The number of aliphatic hydroxyl groups is 2. The standard InChI is InChI=1S/C9H16N2O4S2/c12-3-1-11(2-4-13)8-6-17(14,15)5-7(8)10-9(11)16/h7-8,12-13H,1-6H2/p+1. The summed E-state index contributed by atoms with van der Waals surface area (Å²) in [5.41, 5.74) is 0. The number of nitrogens with zero attached hydrogens (tertiary/aromatic N) is 1. The molecule has 2 atom stereocenters. The fourth-order valence-corrected chi connectivity index (χ4v) is 5.39. The number of fused-ring (bicyclic) bond motifs is 1. The van der Waals surface area contributed by atoms with Gasteiger partial charge in [-0.3, -0.25) is 4.48 Å². The maximum atomic E-state index is 11.6. The average Bonchev–Trinajstić information content (AvgIpc) is 2.63. The second kappa shape index (κ2) is 4.43. The Kier molecular flexibility index (Phi) is 3.43. The van der Waals surface area contributed by atoms with Gasteiger partial charge in [0.15, 0.2) is 9.84 Å². The molecular weight excluding hydrogens is 264 g/mol. The quantitative estimate of drug-likeness (QED) is 0.402. The highest BCUT2D eigenvalue weighted by molar-refractivity contribution is 7.91. The van der Waals surface area contributed by atoms with E-state index in [0.29, 0.717) is 18.2 Å². The molecule has 17 heavy (non-hydrogen) atoms. The van der Waals surface area contributed by atoms with Gasteiger partial charge in [0.05, 0.1) is 25.0 Å². The Morgan fingerprint density at radius 3 is 2.41 bits per heavy atom. The van der Waals surface area contributed by atoms with Gasteiger partial charge in [-0.2, -0.15) is 0 Å². The van der Waals surface area contributed by atoms with Gasteiger partial charge in [-0.25, -0.2) is 8.42 Å². The molecule has 2 aliphatic rings. The van der Waals surface area contributed by atoms with Crippen LogP contribution in [0.25, 0.3) is 0 Å². The first-order valence-corrected chi connectivity index (χ1v) is 7.78. The molecule has 0 aromatic rings. The van der Waals surface area contributed by atoms with Gasteiger partial charge < -0.3 is 15.5 Å². The largest absolute Gasteiger partial charge is 0.390 e. The van der Waals surface area contributed by atoms with E-state index in [1.54, 1.807) is 0 Å². The van der Waals surface area contributed by atoms with Gasteiger partial charge in [0.25, 0.3) is 5.11 Å². The molecule has 0 radical (unpaired) electrons. The molecule has 6 nitrogen and oxygen atoms in total. The van der Waals surface area contributed by atoms with Crippen molar-refractivity contribution in [2.45, 2.75) is 12.1 Å². The molecule has 2 rings (SSSR count). The maximum absolute atomic E-state index is 11.6. The molecule has 2 saturated heterocycles. The zero-order chi connectivity index (χ0) is 12.7. The van der Waals surface area contributed by atoms with Gasteiger partial charge in [-0.1, -0.05) is 0 Å². The van der Waals surface area contributed by atoms with Gasteiger partial charge in [0.2, 0.25) is 0 Å². The second-order valence-electron chi connectivity index (χ2n) is 4.63. The van der Waals surface area contributed by atoms with Crippen molar-refractivity contribution in [3.05, 3.63) is 0 Å². The van der Waals surface area contributed by atoms with Crippen LogP contribution in [-0.4, -0.2) is 78.1 Å². The molecule has 0 aromatic carbocycles. The Morgan fingerprint density at radius 2 is 1.88 bits per heavy atom. The second-order valence-corrected chi connectivity index (χ2v) is 7.17. The smallest absolute Gasteiger partial charge is 0.270 e. The molecule has 0 amide bonds. The van der Waals surface area contributed by atoms with Crippen molar-refractivity contribution in [2.24, 2.45) is 0 Å². The highest BCUT2D eigenvalue weighted by Gasteiger charge is 2.58. The molecule has 8 heteroatoms. The van der Waals surface area contributed by atoms with E-state index in [2.05, 4.69) is 5.32 Å². The van der Waals surface area contributed by atoms with E-state index in [4.69, 9.17) is 22.4 Å². The highest BCUT2D eigenvalue weighted by atomic mass is 32.2. The number of quaternary nitrogens is 1. The van der Waals surface area contributed by atoms with Gasteiger partial charge in [-0.05, 0) is 0 Å². The Morgan fingerprint density at radius 1 is 1.29 bits per heavy atom. The monoisotopic (exact) mass is 281 g/mol. The Bertz CT molecular complexity index is 417. The van der Waals surface area contributed by atoms with Crippen molar-refractivity contribution in [3.8, 4) is 0 Å². The first kappa shape index (κ1) is 13.2. The van der Waals surface area contributed by atoms with E-state index in [9.17, 15) is 8.42 Å². The molecule has 3 N–H and O–H groups in total. The molecule has 2 heterocycles. The minimum absolute atomic E-state index is 0.0742. The molecule has 2 fully saturated rings. The van der Waals surface area contributed by atoms with Gasteiger partial charge >= 0.3 is 0 Å². The predicted molar refractivity (Wildman–Crippen MR) is 66.1 cm³/mol. The number of nitrogens with one attached hydrogen (secondary N) is 1. The molecule has 2 unspecified atom stereocenters. The van der Waals surface area contributed by atoms with Crippen LogP contribution < -0.4 is 5.32 Å². The number of aliphatic hydroxyl groups excluding tert-OH is 2. The van der Waals surface area contributed by atoms with E-state index in [0.717, 1.165) is 0 Å². The number of sulfone groups is 1. The maximum Gasteiger partial charge on any atom is 0.270 e. The van der Waals surface area contributed by atoms with E-state index in [-0.39, 0.29) is 41.3 Å². The zero-order valence-corrected chi connectivity index (χ0v) is 11.0. The van der Waals surface area contributed by atoms with Crippen LogP contribution >= 0.6 is 12.2 Å². The summed E-state index contributed by atoms with van der Waals surface area (Å²) in [6.07, 6.45) is 0. The minimum Gasteiger partial charge on any atom is -0.390 e. The first-order chi connectivity index (χ1) is 7.95. The number of hydrogen-bond donors (Lipinski definition) is 3. The van der Waals surface area contributed by atoms with Crippen LogP contribution in [0.2, 0.25) is 0 Å². The normalized spacial score (nSPS) is 33.4. The predicted octanol–water partition coefficient (Wildman–Crippen LogP) is -2.16. The van der Waals surface area contributed by atoms with Crippen LogP contribution in [0.1, 0.15) is 0 Å². The lowest BCUT2D eigenvalue weighted by atomic mass is 10.1. The van der Waals surface area contributed by atoms with Crippen LogP contribution in [0.3, 0.4) is 0 Å². The number of thiocarbonyl (C=S) groups is 1. The fraction of sp³-hybridized carbons (Fsp3) is 0.889. The molecule has 2 aliphatic heterocycles. The fourth-order valence-electron chi connectivity index (χ4n) is 2.90. The minimum atomic E-state index is -3.04. The molecule has 0 bridgehead atoms. The van der Waals surface area contributed by atoms with Gasteiger partial charge in [0, 0.05) is 12.2 Å². The van der Waals surface area contributed by atoms with E-state index in [1.807, 2.05) is 0 Å². The van der Waals surface area contributed by atoms with Crippen molar-refractivity contribution in [2.75, 3.05) is 37.8 Å². The third-order valence-electron chi connectivity index (χ3n) is 3.67. The molecule has 98 valence electrons. The third kappa shape index (κ3) is 2.08. The van der Waals surface area contributed by atoms with Crippen molar-refractivity contribution in [1.29, 1.82) is 0 Å². The summed E-state index contributed by atoms with van der Waals surface area (Å²) in [7, 11) is -3.04. The van der Waals surface area contributed by atoms with Crippen molar-refractivity contribution in [3.63, 3.8) is 0 Å². The Hall–Kier alpha value is -0.280. The van der Waals surface area contributed by atoms with Crippen LogP contribution in [0, 0.1) is 0 Å². The third-order valence-corrected chi connectivity index (χ3v) is 5.87. The van der Waals surface area contributed by atoms with Crippen molar-refractivity contribution in [1.82, 2.24) is 5.32 Å². The first-order valence-electron chi connectivity index (χ1n) is 5.55. The summed E-state index contributed by atoms with van der Waals surface area (Å²) in [4.78, 5) is 0. The number of hydrogen-bond acceptors (Lipinski definition) is 5. The van der Waals surface area contributed by atoms with E-state index in [1.165, 1.54) is 0 Å². The summed E-state index contributed by atoms with van der Waals surface area (Å²) in [5.74, 6) is 0.166. The highest BCUT2D eigenvalue weighted by Crippen LogP contribution is 2.31. The zero-order valence-electron chi connectivity index (χ0n) is 9.37. The summed E-state index contributed by atoms with van der Waals surface area (Å²) in [6, 6.07) is -0.350. The molecule has 0 aliphatic carbocycles. The average molecular weight is 281 g/mol. The molecule has 0 spiro atoms. The summed E-state index contributed by atoms with van der Waals surface area (Å²) >= 11 is 5.26. The summed E-state index contributed by atoms with van der Waals surface area (Å²) in [6.45, 7) is 0.544. The Labute approximate surface area is 106 Å². The van der Waals surface area contributed by atoms with Crippen LogP contribution in [-0.2, 0) is 9.84 Å². The Balaban J connectivity index is 2.33. The summed E-state index contributed by atoms with van der Waals surface area (Å²) < 4.78 is 23.5. The van der Waals surface area contributed by atoms with Crippen LogP contribution in [0.5, 0.6) is 0 Å². The van der Waals surface area contributed by atoms with Crippen molar-refractivity contribution >= 4 is 27.2 Å².